The van der Waals surface area contributed by atoms with Crippen molar-refractivity contribution in [3.05, 3.63) is 47.3 Å². The Bertz CT molecular complexity index is 1510. The van der Waals surface area contributed by atoms with Crippen LogP contribution in [0.1, 0.15) is 86.2 Å². The lowest BCUT2D eigenvalue weighted by molar-refractivity contribution is -0.144. The molecule has 0 radical (unpaired) electrons. The van der Waals surface area contributed by atoms with E-state index in [0.29, 0.717) is 35.2 Å². The third-order valence-electron chi connectivity index (χ3n) is 8.84. The highest BCUT2D eigenvalue weighted by molar-refractivity contribution is 6.07. The molecule has 0 bridgehead atoms. The number of likely N-dealkylation sites (tertiary alicyclic amines) is 1. The highest BCUT2D eigenvalue weighted by atomic mass is 16.5. The number of nitriles is 1. The minimum absolute atomic E-state index is 0.155. The second kappa shape index (κ2) is 11.4. The molecule has 3 aromatic rings. The summed E-state index contributed by atoms with van der Waals surface area (Å²) in [4.78, 5) is 33.5. The number of piperidine rings is 1. The number of carbonyl (C=O) groups is 2. The van der Waals surface area contributed by atoms with Crippen molar-refractivity contribution in [1.29, 1.82) is 5.26 Å². The van der Waals surface area contributed by atoms with Gasteiger partial charge >= 0.3 is 0 Å². The average Bonchev–Trinajstić information content (AvgIpc) is 3.32. The van der Waals surface area contributed by atoms with Crippen LogP contribution in [0.5, 0.6) is 11.5 Å². The number of anilines is 1. The number of rotatable bonds is 6. The number of benzene rings is 1. The Morgan fingerprint density at radius 3 is 2.54 bits per heavy atom. The van der Waals surface area contributed by atoms with Crippen LogP contribution in [0.4, 0.5) is 5.69 Å². The summed E-state index contributed by atoms with van der Waals surface area (Å²) < 4.78 is 13.1. The van der Waals surface area contributed by atoms with E-state index in [1.165, 1.54) is 19.6 Å². The van der Waals surface area contributed by atoms with Crippen molar-refractivity contribution < 1.29 is 19.1 Å². The number of hydrogen-bond acceptors (Lipinski definition) is 6. The number of pyridine rings is 1. The highest BCUT2D eigenvalue weighted by Gasteiger charge is 2.41. The molecule has 2 fully saturated rings. The molecule has 1 atom stereocenters. The Labute approximate surface area is 241 Å². The number of nitrogens with zero attached hydrogens (tertiary/aromatic N) is 4. The SMILES string of the molecule is COc1ccc(C(=O)Nc2cnc3c(c([C@@H]4CCN(C(=O)C5CCCCC5)C(C)(C)C4)cn3C)c2OC)cc1C#N. The third kappa shape index (κ3) is 5.35. The largest absolute Gasteiger partial charge is 0.495 e. The zero-order valence-corrected chi connectivity index (χ0v) is 24.6. The monoisotopic (exact) mass is 557 g/mol. The number of aromatic nitrogens is 2. The first-order valence-electron chi connectivity index (χ1n) is 14.4. The molecule has 41 heavy (non-hydrogen) atoms. The van der Waals surface area contributed by atoms with Crippen LogP contribution in [-0.2, 0) is 11.8 Å². The molecule has 2 aromatic heterocycles. The number of aryl methyl sites for hydroxylation is 1. The number of carbonyl (C=O) groups excluding carboxylic acids is 2. The summed E-state index contributed by atoms with van der Waals surface area (Å²) in [7, 11) is 5.04. The van der Waals surface area contributed by atoms with Crippen molar-refractivity contribution in [3.63, 3.8) is 0 Å². The Morgan fingerprint density at radius 2 is 1.88 bits per heavy atom. The van der Waals surface area contributed by atoms with Crippen LogP contribution < -0.4 is 14.8 Å². The van der Waals surface area contributed by atoms with E-state index in [1.54, 1.807) is 25.4 Å². The first-order chi connectivity index (χ1) is 19.7. The van der Waals surface area contributed by atoms with Gasteiger partial charge in [-0.15, -0.1) is 0 Å². The van der Waals surface area contributed by atoms with Gasteiger partial charge in [-0.25, -0.2) is 4.98 Å². The Kier molecular flexibility index (Phi) is 7.94. The molecule has 1 N–H and O–H groups in total. The topological polar surface area (TPSA) is 109 Å². The van der Waals surface area contributed by atoms with Gasteiger partial charge in [0, 0.05) is 36.8 Å². The van der Waals surface area contributed by atoms with Crippen LogP contribution >= 0.6 is 0 Å². The maximum absolute atomic E-state index is 13.5. The van der Waals surface area contributed by atoms with Crippen LogP contribution in [0.3, 0.4) is 0 Å². The number of fused-ring (bicyclic) bond motifs is 1. The van der Waals surface area contributed by atoms with Crippen molar-refractivity contribution in [2.75, 3.05) is 26.1 Å². The molecule has 1 saturated carbocycles. The van der Waals surface area contributed by atoms with Gasteiger partial charge in [-0.1, -0.05) is 19.3 Å². The zero-order chi connectivity index (χ0) is 29.3. The first-order valence-corrected chi connectivity index (χ1v) is 14.4. The summed E-state index contributed by atoms with van der Waals surface area (Å²) in [5.74, 6) is 1.25. The van der Waals surface area contributed by atoms with E-state index in [4.69, 9.17) is 9.47 Å². The van der Waals surface area contributed by atoms with E-state index in [1.807, 2.05) is 11.6 Å². The fourth-order valence-electron chi connectivity index (χ4n) is 6.74. The number of ether oxygens (including phenoxy) is 2. The summed E-state index contributed by atoms with van der Waals surface area (Å²) in [5.41, 5.74) is 2.66. The predicted octanol–water partition coefficient (Wildman–Crippen LogP) is 5.78. The predicted molar refractivity (Wildman–Crippen MR) is 157 cm³/mol. The molecule has 3 heterocycles. The maximum atomic E-state index is 13.5. The smallest absolute Gasteiger partial charge is 0.255 e. The van der Waals surface area contributed by atoms with Crippen molar-refractivity contribution in [2.24, 2.45) is 13.0 Å². The van der Waals surface area contributed by atoms with Gasteiger partial charge in [0.15, 0.2) is 5.75 Å². The lowest BCUT2D eigenvalue weighted by Gasteiger charge is -2.47. The summed E-state index contributed by atoms with van der Waals surface area (Å²) >= 11 is 0. The van der Waals surface area contributed by atoms with E-state index < -0.39 is 0 Å². The van der Waals surface area contributed by atoms with Gasteiger partial charge in [0.1, 0.15) is 23.2 Å². The van der Waals surface area contributed by atoms with Crippen LogP contribution in [0.2, 0.25) is 0 Å². The molecule has 2 aliphatic rings. The Balaban J connectivity index is 1.44. The lowest BCUT2D eigenvalue weighted by atomic mass is 9.77. The summed E-state index contributed by atoms with van der Waals surface area (Å²) in [6, 6.07) is 6.79. The lowest BCUT2D eigenvalue weighted by Crippen LogP contribution is -2.54. The fraction of sp³-hybridized carbons (Fsp3) is 0.500. The van der Waals surface area contributed by atoms with E-state index in [2.05, 4.69) is 41.3 Å². The van der Waals surface area contributed by atoms with Gasteiger partial charge in [-0.3, -0.25) is 9.59 Å². The van der Waals surface area contributed by atoms with E-state index in [0.717, 1.165) is 55.1 Å². The second-order valence-corrected chi connectivity index (χ2v) is 11.9. The molecule has 1 aliphatic heterocycles. The van der Waals surface area contributed by atoms with Crippen LogP contribution in [-0.4, -0.2) is 52.6 Å². The van der Waals surface area contributed by atoms with E-state index in [9.17, 15) is 14.9 Å². The zero-order valence-electron chi connectivity index (χ0n) is 24.6. The molecule has 1 aliphatic carbocycles. The van der Waals surface area contributed by atoms with Gasteiger partial charge in [-0.2, -0.15) is 5.26 Å². The normalized spacial score (nSPS) is 19.0. The Hall–Kier alpha value is -4.06. The molecule has 216 valence electrons. The summed E-state index contributed by atoms with van der Waals surface area (Å²) in [6.07, 6.45) is 10.9. The molecule has 9 heteroatoms. The summed E-state index contributed by atoms with van der Waals surface area (Å²) in [6.45, 7) is 5.07. The number of nitrogens with one attached hydrogen (secondary N) is 1. The first kappa shape index (κ1) is 28.5. The van der Waals surface area contributed by atoms with Gasteiger partial charge in [-0.05, 0) is 69.2 Å². The molecule has 5 rings (SSSR count). The van der Waals surface area contributed by atoms with Gasteiger partial charge in [0.2, 0.25) is 5.91 Å². The van der Waals surface area contributed by atoms with Crippen molar-refractivity contribution in [2.45, 2.75) is 70.3 Å². The van der Waals surface area contributed by atoms with Crippen LogP contribution in [0.25, 0.3) is 11.0 Å². The molecule has 2 amide bonds. The quantitative estimate of drug-likeness (QED) is 0.412. The molecule has 0 unspecified atom stereocenters. The number of methoxy groups -OCH3 is 2. The van der Waals surface area contributed by atoms with Gasteiger partial charge in [0.05, 0.1) is 31.4 Å². The number of hydrogen-bond donors (Lipinski definition) is 1. The number of amides is 2. The van der Waals surface area contributed by atoms with Crippen molar-refractivity contribution >= 4 is 28.5 Å². The van der Waals surface area contributed by atoms with Crippen LogP contribution in [0, 0.1) is 17.2 Å². The molecule has 0 spiro atoms. The fourth-order valence-corrected chi connectivity index (χ4v) is 6.74. The van der Waals surface area contributed by atoms with E-state index in [-0.39, 0.29) is 28.8 Å². The molecule has 9 nitrogen and oxygen atoms in total. The minimum atomic E-state index is -0.378. The van der Waals surface area contributed by atoms with Crippen molar-refractivity contribution in [3.8, 4) is 17.6 Å². The Morgan fingerprint density at radius 1 is 1.12 bits per heavy atom. The summed E-state index contributed by atoms with van der Waals surface area (Å²) in [5, 5.41) is 13.2. The van der Waals surface area contributed by atoms with E-state index >= 15 is 0 Å². The van der Waals surface area contributed by atoms with Gasteiger partial charge < -0.3 is 24.3 Å². The third-order valence-corrected chi connectivity index (χ3v) is 8.84. The molecular weight excluding hydrogens is 518 g/mol. The molecule has 1 saturated heterocycles. The molecule has 1 aromatic carbocycles. The van der Waals surface area contributed by atoms with Gasteiger partial charge in [0.25, 0.3) is 5.91 Å². The minimum Gasteiger partial charge on any atom is -0.495 e. The standard InChI is InChI=1S/C32H39N5O4/c1-32(2)16-22(13-14-37(32)31(39)20-9-7-6-8-10-20)24-19-36(3)29-27(24)28(41-5)25(18-34-29)35-30(38)21-11-12-26(40-4)23(15-21)17-33/h11-12,15,18-20,22H,6-10,13-14,16H2,1-5H3,(H,35,38)/t22-/m1/s1. The highest BCUT2D eigenvalue weighted by Crippen LogP contribution is 2.45. The average molecular weight is 558 g/mol. The molecular formula is C32H39N5O4. The maximum Gasteiger partial charge on any atom is 0.255 e. The van der Waals surface area contributed by atoms with Crippen molar-refractivity contribution in [1.82, 2.24) is 14.5 Å². The second-order valence-electron chi connectivity index (χ2n) is 11.9. The van der Waals surface area contributed by atoms with Crippen LogP contribution in [0.15, 0.2) is 30.6 Å².